The quantitative estimate of drug-likeness (QED) is 0.764. The number of hydrogen-bond acceptors (Lipinski definition) is 6. The number of ether oxygens (including phenoxy) is 1. The first-order chi connectivity index (χ1) is 12.5. The van der Waals surface area contributed by atoms with Crippen molar-refractivity contribution >= 4 is 11.9 Å². The third kappa shape index (κ3) is 3.40. The van der Waals surface area contributed by atoms with Gasteiger partial charge in [-0.15, -0.1) is 0 Å². The lowest BCUT2D eigenvalue weighted by Gasteiger charge is -2.20. The topological polar surface area (TPSA) is 97.6 Å². The molecule has 1 atom stereocenters. The van der Waals surface area contributed by atoms with E-state index in [4.69, 9.17) is 9.26 Å². The monoisotopic (exact) mass is 358 g/mol. The minimum atomic E-state index is -0.872. The van der Waals surface area contributed by atoms with Gasteiger partial charge in [-0.1, -0.05) is 37.1 Å². The Morgan fingerprint density at radius 3 is 2.88 bits per heavy atom. The molecule has 3 rings (SSSR count). The molecule has 2 aromatic rings. The average molecular weight is 358 g/mol. The summed E-state index contributed by atoms with van der Waals surface area (Å²) < 4.78 is 10.4. The highest BCUT2D eigenvalue weighted by atomic mass is 16.5. The third-order valence-corrected chi connectivity index (χ3v) is 4.46. The summed E-state index contributed by atoms with van der Waals surface area (Å²) in [6, 6.07) is 6.81. The predicted molar refractivity (Wildman–Crippen MR) is 93.3 cm³/mol. The molecule has 0 spiro atoms. The zero-order chi connectivity index (χ0) is 18.7. The number of urea groups is 1. The number of nitrogens with one attached hydrogen (secondary N) is 1. The minimum Gasteiger partial charge on any atom is -0.497 e. The molecule has 3 amide bonds. The van der Waals surface area contributed by atoms with E-state index in [1.54, 1.807) is 20.1 Å². The number of hydrogen-bond donors (Lipinski definition) is 1. The number of nitrogens with zero attached hydrogens (tertiary/aromatic N) is 3. The molecule has 1 aromatic heterocycles. The molecule has 0 saturated carbocycles. The summed E-state index contributed by atoms with van der Waals surface area (Å²) in [7, 11) is 1.58. The van der Waals surface area contributed by atoms with Crippen molar-refractivity contribution in [1.82, 2.24) is 20.4 Å². The van der Waals surface area contributed by atoms with Gasteiger partial charge in [-0.25, -0.2) is 4.79 Å². The SMILES string of the molecule is CCCCC1(C)NC(=O)N(Cc2nc(-c3cccc(OC)c3)no2)C1=O. The second-order valence-corrected chi connectivity index (χ2v) is 6.50. The van der Waals surface area contributed by atoms with Crippen molar-refractivity contribution in [2.45, 2.75) is 45.2 Å². The van der Waals surface area contributed by atoms with Crippen molar-refractivity contribution in [1.29, 1.82) is 0 Å². The molecule has 1 aliphatic rings. The number of unbranched alkanes of at least 4 members (excludes halogenated alkanes) is 1. The van der Waals surface area contributed by atoms with E-state index in [0.717, 1.165) is 23.3 Å². The fraction of sp³-hybridized carbons (Fsp3) is 0.444. The fourth-order valence-electron chi connectivity index (χ4n) is 2.92. The highest BCUT2D eigenvalue weighted by Gasteiger charge is 2.47. The van der Waals surface area contributed by atoms with Gasteiger partial charge in [0.05, 0.1) is 7.11 Å². The van der Waals surface area contributed by atoms with Crippen LogP contribution in [-0.4, -0.2) is 39.6 Å². The molecule has 1 aromatic carbocycles. The van der Waals surface area contributed by atoms with Crippen LogP contribution in [0.2, 0.25) is 0 Å². The zero-order valence-corrected chi connectivity index (χ0v) is 15.1. The molecule has 26 heavy (non-hydrogen) atoms. The summed E-state index contributed by atoms with van der Waals surface area (Å²) in [5.74, 6) is 0.984. The Morgan fingerprint density at radius 1 is 1.35 bits per heavy atom. The van der Waals surface area contributed by atoms with Gasteiger partial charge in [-0.2, -0.15) is 4.98 Å². The first-order valence-electron chi connectivity index (χ1n) is 8.58. The maximum atomic E-state index is 12.6. The Labute approximate surface area is 151 Å². The van der Waals surface area contributed by atoms with E-state index in [2.05, 4.69) is 15.5 Å². The Bertz CT molecular complexity index is 819. The zero-order valence-electron chi connectivity index (χ0n) is 15.1. The summed E-state index contributed by atoms with van der Waals surface area (Å²) in [6.07, 6.45) is 2.41. The van der Waals surface area contributed by atoms with Gasteiger partial charge in [0.2, 0.25) is 11.7 Å². The highest BCUT2D eigenvalue weighted by Crippen LogP contribution is 2.26. The van der Waals surface area contributed by atoms with Crippen molar-refractivity contribution in [3.8, 4) is 17.1 Å². The van der Waals surface area contributed by atoms with E-state index in [9.17, 15) is 9.59 Å². The maximum absolute atomic E-state index is 12.6. The van der Waals surface area contributed by atoms with Crippen LogP contribution in [0.25, 0.3) is 11.4 Å². The number of benzene rings is 1. The molecule has 1 unspecified atom stereocenters. The standard InChI is InChI=1S/C18H22N4O4/c1-4-5-9-18(2)16(23)22(17(24)20-18)11-14-19-15(21-26-14)12-7-6-8-13(10-12)25-3/h6-8,10H,4-5,9,11H2,1-3H3,(H,20,24). The molecule has 0 aliphatic carbocycles. The van der Waals surface area contributed by atoms with Crippen molar-refractivity contribution in [3.05, 3.63) is 30.2 Å². The molecule has 1 aliphatic heterocycles. The van der Waals surface area contributed by atoms with Crippen LogP contribution < -0.4 is 10.1 Å². The molecule has 0 bridgehead atoms. The van der Waals surface area contributed by atoms with Crippen LogP contribution in [0.15, 0.2) is 28.8 Å². The Balaban J connectivity index is 1.74. The number of aromatic nitrogens is 2. The second-order valence-electron chi connectivity index (χ2n) is 6.50. The van der Waals surface area contributed by atoms with Gasteiger partial charge in [0.25, 0.3) is 5.91 Å². The van der Waals surface area contributed by atoms with E-state index < -0.39 is 11.6 Å². The largest absolute Gasteiger partial charge is 0.497 e. The lowest BCUT2D eigenvalue weighted by atomic mass is 9.95. The molecular weight excluding hydrogens is 336 g/mol. The smallest absolute Gasteiger partial charge is 0.325 e. The molecule has 8 nitrogen and oxygen atoms in total. The normalized spacial score (nSPS) is 19.7. The lowest BCUT2D eigenvalue weighted by Crippen LogP contribution is -2.43. The van der Waals surface area contributed by atoms with Crippen LogP contribution in [0.5, 0.6) is 5.75 Å². The summed E-state index contributed by atoms with van der Waals surface area (Å²) in [4.78, 5) is 30.3. The Morgan fingerprint density at radius 2 is 2.15 bits per heavy atom. The van der Waals surface area contributed by atoms with E-state index in [0.29, 0.717) is 18.0 Å². The van der Waals surface area contributed by atoms with Crippen LogP contribution >= 0.6 is 0 Å². The average Bonchev–Trinajstić information content (AvgIpc) is 3.19. The minimum absolute atomic E-state index is 0.0522. The van der Waals surface area contributed by atoms with Gasteiger partial charge in [0.1, 0.15) is 17.8 Å². The van der Waals surface area contributed by atoms with Crippen molar-refractivity contribution in [2.24, 2.45) is 0 Å². The molecular formula is C18H22N4O4. The van der Waals surface area contributed by atoms with Gasteiger partial charge in [-0.3, -0.25) is 9.69 Å². The first-order valence-corrected chi connectivity index (χ1v) is 8.58. The third-order valence-electron chi connectivity index (χ3n) is 4.46. The summed E-state index contributed by atoms with van der Waals surface area (Å²) in [5.41, 5.74) is -0.146. The Hall–Kier alpha value is -2.90. The summed E-state index contributed by atoms with van der Waals surface area (Å²) in [6.45, 7) is 3.74. The van der Waals surface area contributed by atoms with Crippen LogP contribution in [-0.2, 0) is 11.3 Å². The summed E-state index contributed by atoms with van der Waals surface area (Å²) >= 11 is 0. The van der Waals surface area contributed by atoms with Crippen LogP contribution in [0.4, 0.5) is 4.79 Å². The maximum Gasteiger partial charge on any atom is 0.325 e. The van der Waals surface area contributed by atoms with Crippen LogP contribution in [0.1, 0.15) is 39.0 Å². The van der Waals surface area contributed by atoms with Crippen LogP contribution in [0, 0.1) is 0 Å². The number of methoxy groups -OCH3 is 1. The van der Waals surface area contributed by atoms with Gasteiger partial charge in [0, 0.05) is 5.56 Å². The van der Waals surface area contributed by atoms with Gasteiger partial charge in [0.15, 0.2) is 0 Å². The predicted octanol–water partition coefficient (Wildman–Crippen LogP) is 2.75. The van der Waals surface area contributed by atoms with Crippen molar-refractivity contribution in [3.63, 3.8) is 0 Å². The number of carbonyl (C=O) groups excluding carboxylic acids is 2. The molecule has 1 N–H and O–H groups in total. The molecule has 0 radical (unpaired) electrons. The molecule has 2 heterocycles. The van der Waals surface area contributed by atoms with Crippen molar-refractivity contribution < 1.29 is 18.8 Å². The molecule has 8 heteroatoms. The van der Waals surface area contributed by atoms with E-state index in [-0.39, 0.29) is 18.3 Å². The van der Waals surface area contributed by atoms with Gasteiger partial charge in [-0.05, 0) is 25.5 Å². The molecule has 138 valence electrons. The number of carbonyl (C=O) groups is 2. The number of rotatable bonds is 7. The number of imide groups is 1. The van der Waals surface area contributed by atoms with Crippen molar-refractivity contribution in [2.75, 3.05) is 7.11 Å². The lowest BCUT2D eigenvalue weighted by molar-refractivity contribution is -0.131. The molecule has 1 fully saturated rings. The van der Waals surface area contributed by atoms with Crippen LogP contribution in [0.3, 0.4) is 0 Å². The summed E-state index contributed by atoms with van der Waals surface area (Å²) in [5, 5.41) is 6.70. The van der Waals surface area contributed by atoms with E-state index >= 15 is 0 Å². The highest BCUT2D eigenvalue weighted by molar-refractivity contribution is 6.06. The second kappa shape index (κ2) is 7.15. The number of amides is 3. The Kier molecular flexibility index (Phi) is 4.92. The molecule has 1 saturated heterocycles. The first kappa shape index (κ1) is 17.9. The van der Waals surface area contributed by atoms with Gasteiger partial charge < -0.3 is 14.6 Å². The van der Waals surface area contributed by atoms with Gasteiger partial charge >= 0.3 is 6.03 Å². The fourth-order valence-corrected chi connectivity index (χ4v) is 2.92. The van der Waals surface area contributed by atoms with E-state index in [1.807, 2.05) is 25.1 Å². The van der Waals surface area contributed by atoms with E-state index in [1.165, 1.54) is 0 Å².